The van der Waals surface area contributed by atoms with Crippen LogP contribution in [0, 0.1) is 0 Å². The van der Waals surface area contributed by atoms with Crippen LogP contribution in [-0.4, -0.2) is 46.8 Å². The summed E-state index contributed by atoms with van der Waals surface area (Å²) >= 11 is 0. The second kappa shape index (κ2) is 4.88. The number of aromatic nitrogens is 2. The van der Waals surface area contributed by atoms with E-state index in [2.05, 4.69) is 10.2 Å². The molecule has 0 bridgehead atoms. The molecule has 20 heavy (non-hydrogen) atoms. The predicted octanol–water partition coefficient (Wildman–Crippen LogP) is 1.39. The van der Waals surface area contributed by atoms with Gasteiger partial charge in [-0.25, -0.2) is 0 Å². The largest absolute Gasteiger partial charge is 0.368 e. The fourth-order valence-electron chi connectivity index (χ4n) is 3.40. The number of ether oxygens (including phenoxy) is 1. The molecule has 1 aromatic rings. The van der Waals surface area contributed by atoms with Crippen LogP contribution in [0.5, 0.6) is 0 Å². The molecular weight excluding hydrogens is 254 g/mol. The van der Waals surface area contributed by atoms with Crippen LogP contribution >= 0.6 is 0 Å². The predicted molar refractivity (Wildman–Crippen MR) is 73.5 cm³/mol. The average Bonchev–Trinajstić information content (AvgIpc) is 3.07. The van der Waals surface area contributed by atoms with Gasteiger partial charge in [0.1, 0.15) is 6.10 Å². The number of carbonyl (C=O) groups is 1. The van der Waals surface area contributed by atoms with E-state index in [1.54, 1.807) is 0 Å². The Balaban J connectivity index is 1.47. The molecule has 0 aromatic carbocycles. The van der Waals surface area contributed by atoms with E-state index in [9.17, 15) is 4.79 Å². The van der Waals surface area contributed by atoms with E-state index in [-0.39, 0.29) is 12.0 Å². The highest BCUT2D eigenvalue weighted by Crippen LogP contribution is 2.41. The normalized spacial score (nSPS) is 26.4. The topological polar surface area (TPSA) is 58.2 Å². The molecule has 5 heteroatoms. The molecule has 3 heterocycles. The molecule has 1 atom stereocenters. The summed E-state index contributed by atoms with van der Waals surface area (Å²) in [6, 6.07) is 0. The van der Waals surface area contributed by atoms with Gasteiger partial charge in [-0.05, 0) is 37.7 Å². The van der Waals surface area contributed by atoms with Gasteiger partial charge in [0, 0.05) is 37.7 Å². The number of hydrogen-bond acceptors (Lipinski definition) is 3. The smallest absolute Gasteiger partial charge is 0.251 e. The molecule has 4 rings (SSSR count). The van der Waals surface area contributed by atoms with Crippen molar-refractivity contribution < 1.29 is 9.53 Å². The summed E-state index contributed by atoms with van der Waals surface area (Å²) in [5, 5.41) is 7.69. The Kier molecular flexibility index (Phi) is 3.02. The fourth-order valence-corrected chi connectivity index (χ4v) is 3.40. The monoisotopic (exact) mass is 275 g/mol. The Morgan fingerprint density at radius 1 is 1.25 bits per heavy atom. The second-order valence-electron chi connectivity index (χ2n) is 6.17. The number of carbonyl (C=O) groups excluding carboxylic acids is 1. The van der Waals surface area contributed by atoms with E-state index >= 15 is 0 Å². The fraction of sp³-hybridized carbons (Fsp3) is 0.733. The van der Waals surface area contributed by atoms with Crippen molar-refractivity contribution >= 4 is 5.91 Å². The van der Waals surface area contributed by atoms with Crippen molar-refractivity contribution in [2.75, 3.05) is 19.7 Å². The lowest BCUT2D eigenvalue weighted by molar-refractivity contribution is -0.140. The van der Waals surface area contributed by atoms with E-state index < -0.39 is 0 Å². The van der Waals surface area contributed by atoms with Crippen LogP contribution in [0.25, 0.3) is 0 Å². The van der Waals surface area contributed by atoms with Crippen molar-refractivity contribution in [1.82, 2.24) is 15.1 Å². The first-order valence-electron chi connectivity index (χ1n) is 7.79. The van der Waals surface area contributed by atoms with Crippen LogP contribution in [0.15, 0.2) is 0 Å². The van der Waals surface area contributed by atoms with Crippen LogP contribution in [0.2, 0.25) is 0 Å². The van der Waals surface area contributed by atoms with Gasteiger partial charge in [-0.15, -0.1) is 0 Å². The van der Waals surface area contributed by atoms with Crippen LogP contribution in [0.3, 0.4) is 0 Å². The zero-order chi connectivity index (χ0) is 13.5. The molecule has 1 aliphatic carbocycles. The van der Waals surface area contributed by atoms with E-state index in [0.29, 0.717) is 5.92 Å². The van der Waals surface area contributed by atoms with Gasteiger partial charge in [0.05, 0.1) is 5.69 Å². The number of nitrogens with one attached hydrogen (secondary N) is 1. The summed E-state index contributed by atoms with van der Waals surface area (Å²) in [5.41, 5.74) is 3.90. The lowest BCUT2D eigenvalue weighted by Gasteiger charge is -2.23. The van der Waals surface area contributed by atoms with Crippen molar-refractivity contribution in [3.05, 3.63) is 17.0 Å². The zero-order valence-corrected chi connectivity index (χ0v) is 11.7. The lowest BCUT2D eigenvalue weighted by atomic mass is 10.1. The maximum Gasteiger partial charge on any atom is 0.251 e. The average molecular weight is 275 g/mol. The van der Waals surface area contributed by atoms with Gasteiger partial charge < -0.3 is 9.64 Å². The van der Waals surface area contributed by atoms with Crippen LogP contribution in [0.1, 0.15) is 48.6 Å². The quantitative estimate of drug-likeness (QED) is 0.887. The number of nitrogens with zero attached hydrogens (tertiary/aromatic N) is 2. The lowest BCUT2D eigenvalue weighted by Crippen LogP contribution is -2.40. The Hall–Kier alpha value is -1.36. The molecular formula is C15H21N3O2. The minimum Gasteiger partial charge on any atom is -0.368 e. The Bertz CT molecular complexity index is 515. The SMILES string of the molecule is O=C(C1CCCO1)N1CCc2[nH]nc(C3CC3)c2CC1. The number of rotatable bonds is 2. The molecule has 2 fully saturated rings. The summed E-state index contributed by atoms with van der Waals surface area (Å²) < 4.78 is 5.53. The standard InChI is InChI=1S/C15H21N3O2/c19-15(13-2-1-9-20-13)18-7-5-11-12(6-8-18)16-17-14(11)10-3-4-10/h10,13H,1-9H2,(H,16,17). The summed E-state index contributed by atoms with van der Waals surface area (Å²) in [4.78, 5) is 14.4. The molecule has 1 amide bonds. The first-order valence-corrected chi connectivity index (χ1v) is 7.79. The molecule has 1 saturated heterocycles. The van der Waals surface area contributed by atoms with E-state index in [0.717, 1.165) is 45.4 Å². The summed E-state index contributed by atoms with van der Waals surface area (Å²) in [7, 11) is 0. The molecule has 3 aliphatic rings. The third-order valence-corrected chi connectivity index (χ3v) is 4.73. The highest BCUT2D eigenvalue weighted by Gasteiger charge is 2.33. The number of amides is 1. The third kappa shape index (κ3) is 2.14. The molecule has 5 nitrogen and oxygen atoms in total. The van der Waals surface area contributed by atoms with E-state index in [4.69, 9.17) is 4.74 Å². The van der Waals surface area contributed by atoms with Crippen LogP contribution in [-0.2, 0) is 22.4 Å². The van der Waals surface area contributed by atoms with Gasteiger partial charge in [0.2, 0.25) is 0 Å². The number of H-pyrrole nitrogens is 1. The van der Waals surface area contributed by atoms with Crippen molar-refractivity contribution in [2.24, 2.45) is 0 Å². The van der Waals surface area contributed by atoms with Gasteiger partial charge in [-0.1, -0.05) is 0 Å². The Morgan fingerprint density at radius 2 is 2.10 bits per heavy atom. The first kappa shape index (κ1) is 12.4. The third-order valence-electron chi connectivity index (χ3n) is 4.73. The highest BCUT2D eigenvalue weighted by atomic mass is 16.5. The number of fused-ring (bicyclic) bond motifs is 1. The Morgan fingerprint density at radius 3 is 2.85 bits per heavy atom. The maximum absolute atomic E-state index is 12.4. The number of aromatic amines is 1. The number of hydrogen-bond donors (Lipinski definition) is 1. The second-order valence-corrected chi connectivity index (χ2v) is 6.17. The van der Waals surface area contributed by atoms with Gasteiger partial charge in [0.15, 0.2) is 0 Å². The van der Waals surface area contributed by atoms with E-state index in [1.165, 1.54) is 29.8 Å². The molecule has 0 spiro atoms. The first-order chi connectivity index (χ1) is 9.83. The molecule has 2 aliphatic heterocycles. The van der Waals surface area contributed by atoms with Crippen LogP contribution < -0.4 is 0 Å². The molecule has 0 radical (unpaired) electrons. The Labute approximate surface area is 118 Å². The summed E-state index contributed by atoms with van der Waals surface area (Å²) in [5.74, 6) is 0.865. The van der Waals surface area contributed by atoms with Crippen molar-refractivity contribution in [3.8, 4) is 0 Å². The minimum atomic E-state index is -0.188. The highest BCUT2D eigenvalue weighted by molar-refractivity contribution is 5.81. The van der Waals surface area contributed by atoms with Crippen molar-refractivity contribution in [2.45, 2.75) is 50.5 Å². The van der Waals surface area contributed by atoms with Crippen molar-refractivity contribution in [1.29, 1.82) is 0 Å². The molecule has 1 unspecified atom stereocenters. The molecule has 1 aromatic heterocycles. The zero-order valence-electron chi connectivity index (χ0n) is 11.7. The van der Waals surface area contributed by atoms with Gasteiger partial charge in [-0.3, -0.25) is 9.89 Å². The summed E-state index contributed by atoms with van der Waals surface area (Å²) in [6.07, 6.45) is 6.09. The molecule has 1 saturated carbocycles. The van der Waals surface area contributed by atoms with Gasteiger partial charge in [-0.2, -0.15) is 5.10 Å². The molecule has 108 valence electrons. The molecule has 1 N–H and O–H groups in total. The maximum atomic E-state index is 12.4. The van der Waals surface area contributed by atoms with Crippen molar-refractivity contribution in [3.63, 3.8) is 0 Å². The van der Waals surface area contributed by atoms with Gasteiger partial charge >= 0.3 is 0 Å². The minimum absolute atomic E-state index is 0.188. The van der Waals surface area contributed by atoms with Gasteiger partial charge in [0.25, 0.3) is 5.91 Å². The van der Waals surface area contributed by atoms with E-state index in [1.807, 2.05) is 4.90 Å². The summed E-state index contributed by atoms with van der Waals surface area (Å²) in [6.45, 7) is 2.34. The van der Waals surface area contributed by atoms with Crippen LogP contribution in [0.4, 0.5) is 0 Å².